The van der Waals surface area contributed by atoms with Crippen LogP contribution in [0.3, 0.4) is 0 Å². The van der Waals surface area contributed by atoms with Crippen molar-refractivity contribution in [1.82, 2.24) is 0 Å². The van der Waals surface area contributed by atoms with E-state index in [1.54, 1.807) is 0 Å². The summed E-state index contributed by atoms with van der Waals surface area (Å²) in [6, 6.07) is 5.95. The van der Waals surface area contributed by atoms with Crippen LogP contribution >= 0.6 is 15.9 Å². The summed E-state index contributed by atoms with van der Waals surface area (Å²) in [4.78, 5) is 0. The van der Waals surface area contributed by atoms with Gasteiger partial charge in [0, 0.05) is 29.5 Å². The van der Waals surface area contributed by atoms with Crippen molar-refractivity contribution < 1.29 is 9.84 Å². The smallest absolute Gasteiger partial charge is 0.124 e. The molecule has 1 heterocycles. The van der Waals surface area contributed by atoms with Crippen molar-refractivity contribution in [3.8, 4) is 5.75 Å². The number of hydrogen-bond donors (Lipinski definition) is 1. The first kappa shape index (κ1) is 9.03. The van der Waals surface area contributed by atoms with Gasteiger partial charge in [-0.15, -0.1) is 0 Å². The molecule has 0 saturated carbocycles. The van der Waals surface area contributed by atoms with Crippen molar-refractivity contribution in [3.63, 3.8) is 0 Å². The molecular formula is C10H11BrO2. The normalized spacial score (nSPS) is 19.7. The maximum Gasteiger partial charge on any atom is 0.124 e. The molecule has 2 nitrogen and oxygen atoms in total. The van der Waals surface area contributed by atoms with Crippen LogP contribution in [0.25, 0.3) is 0 Å². The summed E-state index contributed by atoms with van der Waals surface area (Å²) in [5, 5.41) is 8.78. The van der Waals surface area contributed by atoms with Gasteiger partial charge in [0.1, 0.15) is 11.9 Å². The number of aliphatic hydroxyl groups is 1. The second-order valence-electron chi connectivity index (χ2n) is 3.17. The number of halogens is 1. The quantitative estimate of drug-likeness (QED) is 0.862. The van der Waals surface area contributed by atoms with Crippen LogP contribution in [-0.2, 0) is 6.42 Å². The van der Waals surface area contributed by atoms with Crippen molar-refractivity contribution in [3.05, 3.63) is 28.2 Å². The minimum absolute atomic E-state index is 0.152. The molecule has 0 amide bonds. The third-order valence-corrected chi connectivity index (χ3v) is 3.00. The Morgan fingerprint density at radius 3 is 3.08 bits per heavy atom. The predicted octanol–water partition coefficient (Wildman–Crippen LogP) is 2.13. The van der Waals surface area contributed by atoms with Crippen LogP contribution in [0.2, 0.25) is 0 Å². The van der Waals surface area contributed by atoms with E-state index in [-0.39, 0.29) is 12.7 Å². The molecule has 1 atom stereocenters. The van der Waals surface area contributed by atoms with E-state index in [0.717, 1.165) is 16.6 Å². The average Bonchev–Trinajstić information content (AvgIpc) is 2.49. The third-order valence-electron chi connectivity index (χ3n) is 2.25. The molecule has 3 heteroatoms. The van der Waals surface area contributed by atoms with Gasteiger partial charge in [-0.2, -0.15) is 0 Å². The van der Waals surface area contributed by atoms with E-state index in [1.165, 1.54) is 5.56 Å². The van der Waals surface area contributed by atoms with E-state index in [0.29, 0.717) is 6.42 Å². The molecule has 0 bridgehead atoms. The Morgan fingerprint density at radius 2 is 2.38 bits per heavy atom. The van der Waals surface area contributed by atoms with E-state index >= 15 is 0 Å². The molecule has 0 radical (unpaired) electrons. The molecule has 1 aromatic rings. The first-order chi connectivity index (χ1) is 6.31. The van der Waals surface area contributed by atoms with Crippen molar-refractivity contribution in [2.45, 2.75) is 18.9 Å². The summed E-state index contributed by atoms with van der Waals surface area (Å²) in [6.07, 6.45) is 1.76. The molecule has 13 heavy (non-hydrogen) atoms. The Labute approximate surface area is 85.7 Å². The topological polar surface area (TPSA) is 29.5 Å². The highest BCUT2D eigenvalue weighted by Crippen LogP contribution is 2.34. The minimum Gasteiger partial charge on any atom is -0.490 e. The Hall–Kier alpha value is -0.540. The van der Waals surface area contributed by atoms with Gasteiger partial charge in [-0.1, -0.05) is 22.0 Å². The van der Waals surface area contributed by atoms with Gasteiger partial charge in [0.05, 0.1) is 0 Å². The van der Waals surface area contributed by atoms with Crippen molar-refractivity contribution in [2.75, 3.05) is 6.61 Å². The number of hydrogen-bond acceptors (Lipinski definition) is 2. The fraction of sp³-hybridized carbons (Fsp3) is 0.400. The molecule has 1 N–H and O–H groups in total. The van der Waals surface area contributed by atoms with E-state index in [9.17, 15) is 0 Å². The predicted molar refractivity (Wildman–Crippen MR) is 54.0 cm³/mol. The molecule has 0 saturated heterocycles. The van der Waals surface area contributed by atoms with Crippen molar-refractivity contribution in [1.29, 1.82) is 0 Å². The third kappa shape index (κ3) is 1.71. The fourth-order valence-electron chi connectivity index (χ4n) is 1.60. The minimum atomic E-state index is 0.152. The number of aliphatic hydroxyl groups excluding tert-OH is 1. The lowest BCUT2D eigenvalue weighted by Gasteiger charge is -2.07. The number of ether oxygens (including phenoxy) is 1. The molecule has 0 spiro atoms. The number of rotatable bonds is 2. The molecule has 0 fully saturated rings. The van der Waals surface area contributed by atoms with Crippen LogP contribution in [0.4, 0.5) is 0 Å². The lowest BCUT2D eigenvalue weighted by Crippen LogP contribution is -2.14. The van der Waals surface area contributed by atoms with Crippen LogP contribution in [0, 0.1) is 0 Å². The summed E-state index contributed by atoms with van der Waals surface area (Å²) in [6.45, 7) is 0.191. The Kier molecular flexibility index (Phi) is 2.56. The van der Waals surface area contributed by atoms with E-state index < -0.39 is 0 Å². The number of fused-ring (bicyclic) bond motifs is 1. The van der Waals surface area contributed by atoms with Gasteiger partial charge in [0.2, 0.25) is 0 Å². The van der Waals surface area contributed by atoms with Crippen LogP contribution in [0.1, 0.15) is 12.0 Å². The van der Waals surface area contributed by atoms with Gasteiger partial charge in [0.15, 0.2) is 0 Å². The zero-order valence-corrected chi connectivity index (χ0v) is 8.75. The summed E-state index contributed by atoms with van der Waals surface area (Å²) in [5.74, 6) is 0.952. The fourth-order valence-corrected chi connectivity index (χ4v) is 2.11. The van der Waals surface area contributed by atoms with E-state index in [1.807, 2.05) is 18.2 Å². The maximum atomic E-state index is 8.78. The van der Waals surface area contributed by atoms with E-state index in [4.69, 9.17) is 9.84 Å². The van der Waals surface area contributed by atoms with Gasteiger partial charge in [-0.3, -0.25) is 0 Å². The number of benzene rings is 1. The summed E-state index contributed by atoms with van der Waals surface area (Å²) in [5.41, 5.74) is 1.22. The molecule has 70 valence electrons. The highest BCUT2D eigenvalue weighted by atomic mass is 79.9. The van der Waals surface area contributed by atoms with Crippen LogP contribution < -0.4 is 4.74 Å². The molecule has 1 aromatic carbocycles. The zero-order valence-electron chi connectivity index (χ0n) is 7.16. The molecule has 1 unspecified atom stereocenters. The van der Waals surface area contributed by atoms with E-state index in [2.05, 4.69) is 15.9 Å². The largest absolute Gasteiger partial charge is 0.490 e. The van der Waals surface area contributed by atoms with Crippen LogP contribution in [-0.4, -0.2) is 17.8 Å². The molecule has 0 aromatic heterocycles. The summed E-state index contributed by atoms with van der Waals surface area (Å²) < 4.78 is 6.74. The maximum absolute atomic E-state index is 8.78. The summed E-state index contributed by atoms with van der Waals surface area (Å²) >= 11 is 3.48. The molecule has 1 aliphatic heterocycles. The second-order valence-corrected chi connectivity index (χ2v) is 4.03. The van der Waals surface area contributed by atoms with Gasteiger partial charge < -0.3 is 9.84 Å². The van der Waals surface area contributed by atoms with Gasteiger partial charge in [0.25, 0.3) is 0 Å². The lowest BCUT2D eigenvalue weighted by atomic mass is 10.1. The SMILES string of the molecule is OCCC1Cc2c(Br)cccc2O1. The molecule has 2 rings (SSSR count). The standard InChI is InChI=1S/C10H11BrO2/c11-9-2-1-3-10-8(9)6-7(13-10)4-5-12/h1-3,7,12H,4-6H2. The Balaban J connectivity index is 2.20. The van der Waals surface area contributed by atoms with Crippen LogP contribution in [0.5, 0.6) is 5.75 Å². The highest BCUT2D eigenvalue weighted by molar-refractivity contribution is 9.10. The Morgan fingerprint density at radius 1 is 1.54 bits per heavy atom. The van der Waals surface area contributed by atoms with Gasteiger partial charge in [-0.05, 0) is 12.1 Å². The van der Waals surface area contributed by atoms with Gasteiger partial charge in [-0.25, -0.2) is 0 Å². The Bertz CT molecular complexity index is 312. The molecule has 1 aliphatic rings. The van der Waals surface area contributed by atoms with Crippen molar-refractivity contribution in [2.24, 2.45) is 0 Å². The zero-order chi connectivity index (χ0) is 9.26. The highest BCUT2D eigenvalue weighted by Gasteiger charge is 2.23. The first-order valence-corrected chi connectivity index (χ1v) is 5.15. The molecule has 0 aliphatic carbocycles. The monoisotopic (exact) mass is 242 g/mol. The summed E-state index contributed by atoms with van der Waals surface area (Å²) in [7, 11) is 0. The van der Waals surface area contributed by atoms with Crippen molar-refractivity contribution >= 4 is 15.9 Å². The first-order valence-electron chi connectivity index (χ1n) is 4.36. The van der Waals surface area contributed by atoms with Gasteiger partial charge >= 0.3 is 0 Å². The average molecular weight is 243 g/mol. The second kappa shape index (κ2) is 3.68. The lowest BCUT2D eigenvalue weighted by molar-refractivity contribution is 0.175. The van der Waals surface area contributed by atoms with Crippen LogP contribution in [0.15, 0.2) is 22.7 Å². The molecular weight excluding hydrogens is 232 g/mol.